The summed E-state index contributed by atoms with van der Waals surface area (Å²) in [5, 5.41) is 0. The summed E-state index contributed by atoms with van der Waals surface area (Å²) >= 11 is 0. The van der Waals surface area contributed by atoms with Gasteiger partial charge in [0.05, 0.1) is 6.10 Å². The van der Waals surface area contributed by atoms with E-state index in [-0.39, 0.29) is 11.0 Å². The van der Waals surface area contributed by atoms with Gasteiger partial charge in [0.25, 0.3) is 0 Å². The Morgan fingerprint density at radius 2 is 1.95 bits per heavy atom. The molecule has 3 heteroatoms. The highest BCUT2D eigenvalue weighted by Gasteiger charge is 2.67. The lowest BCUT2D eigenvalue weighted by Gasteiger charge is -2.63. The molecule has 1 aliphatic heterocycles. The zero-order valence-electron chi connectivity index (χ0n) is 13.6. The third kappa shape index (κ3) is 2.34. The van der Waals surface area contributed by atoms with Gasteiger partial charge in [-0.15, -0.1) is 0 Å². The van der Waals surface area contributed by atoms with Gasteiger partial charge in [-0.25, -0.2) is 0 Å². The first-order chi connectivity index (χ1) is 8.70. The summed E-state index contributed by atoms with van der Waals surface area (Å²) in [7, 11) is 2.22. The van der Waals surface area contributed by atoms with Crippen molar-refractivity contribution in [1.29, 1.82) is 0 Å². The zero-order chi connectivity index (χ0) is 14.4. The quantitative estimate of drug-likeness (QED) is 0.832. The topological polar surface area (TPSA) is 38.5 Å². The molecule has 1 heterocycles. The lowest BCUT2D eigenvalue weighted by molar-refractivity contribution is -0.163. The predicted octanol–water partition coefficient (Wildman–Crippen LogP) is 2.50. The van der Waals surface area contributed by atoms with Crippen molar-refractivity contribution < 1.29 is 4.74 Å². The second-order valence-corrected chi connectivity index (χ2v) is 7.84. The number of rotatable bonds is 5. The van der Waals surface area contributed by atoms with Crippen LogP contribution in [-0.2, 0) is 4.74 Å². The molecule has 2 aliphatic rings. The largest absolute Gasteiger partial charge is 0.377 e. The maximum atomic E-state index is 6.81. The fourth-order valence-electron chi connectivity index (χ4n) is 4.23. The molecule has 0 amide bonds. The Hall–Kier alpha value is -0.120. The molecule has 1 saturated carbocycles. The first kappa shape index (κ1) is 15.3. The van der Waals surface area contributed by atoms with Crippen LogP contribution in [0.5, 0.6) is 0 Å². The first-order valence-corrected chi connectivity index (χ1v) is 7.81. The minimum atomic E-state index is -0.0891. The van der Waals surface area contributed by atoms with Crippen LogP contribution in [0.3, 0.4) is 0 Å². The monoisotopic (exact) mass is 268 g/mol. The maximum absolute atomic E-state index is 6.81. The Labute approximate surface area is 118 Å². The summed E-state index contributed by atoms with van der Waals surface area (Å²) in [5.74, 6) is 1.29. The third-order valence-electron chi connectivity index (χ3n) is 5.74. The fraction of sp³-hybridized carbons (Fsp3) is 1.00. The van der Waals surface area contributed by atoms with Crippen LogP contribution in [0.2, 0.25) is 0 Å². The van der Waals surface area contributed by atoms with E-state index in [1.165, 1.54) is 6.42 Å². The molecule has 0 aromatic rings. The molecule has 1 aliphatic carbocycles. The number of ether oxygens (including phenoxy) is 1. The summed E-state index contributed by atoms with van der Waals surface area (Å²) in [6.07, 6.45) is 2.75. The second-order valence-electron chi connectivity index (χ2n) is 7.84. The van der Waals surface area contributed by atoms with Crippen molar-refractivity contribution in [2.24, 2.45) is 23.0 Å². The lowest BCUT2D eigenvalue weighted by Crippen LogP contribution is -2.78. The van der Waals surface area contributed by atoms with E-state index in [9.17, 15) is 0 Å². The molecule has 19 heavy (non-hydrogen) atoms. The van der Waals surface area contributed by atoms with Crippen LogP contribution in [0.15, 0.2) is 0 Å². The number of nitrogens with two attached hydrogens (primary N) is 1. The van der Waals surface area contributed by atoms with Gasteiger partial charge >= 0.3 is 0 Å². The summed E-state index contributed by atoms with van der Waals surface area (Å²) in [4.78, 5) is 2.45. The molecule has 1 saturated heterocycles. The van der Waals surface area contributed by atoms with E-state index in [1.54, 1.807) is 0 Å². The van der Waals surface area contributed by atoms with E-state index in [1.807, 2.05) is 0 Å². The van der Waals surface area contributed by atoms with Gasteiger partial charge in [0.2, 0.25) is 0 Å². The van der Waals surface area contributed by atoms with Crippen LogP contribution in [0, 0.1) is 17.3 Å². The molecule has 2 rings (SSSR count). The van der Waals surface area contributed by atoms with Gasteiger partial charge in [0.1, 0.15) is 0 Å². The minimum absolute atomic E-state index is 0.0891. The van der Waals surface area contributed by atoms with Crippen LogP contribution < -0.4 is 5.73 Å². The zero-order valence-corrected chi connectivity index (χ0v) is 13.6. The van der Waals surface area contributed by atoms with Gasteiger partial charge in [-0.2, -0.15) is 0 Å². The lowest BCUT2D eigenvalue weighted by atomic mass is 9.48. The average Bonchev–Trinajstić information content (AvgIpc) is 2.75. The molecule has 112 valence electrons. The van der Waals surface area contributed by atoms with Crippen LogP contribution in [0.25, 0.3) is 0 Å². The van der Waals surface area contributed by atoms with Crippen LogP contribution in [-0.4, -0.2) is 42.8 Å². The van der Waals surface area contributed by atoms with Crippen LogP contribution in [0.4, 0.5) is 0 Å². The number of hydrogen-bond donors (Lipinski definition) is 1. The van der Waals surface area contributed by atoms with Gasteiger partial charge < -0.3 is 15.4 Å². The van der Waals surface area contributed by atoms with Crippen LogP contribution >= 0.6 is 0 Å². The normalized spacial score (nSPS) is 38.4. The molecule has 4 atom stereocenters. The van der Waals surface area contributed by atoms with Crippen molar-refractivity contribution >= 4 is 0 Å². The minimum Gasteiger partial charge on any atom is -0.377 e. The summed E-state index contributed by atoms with van der Waals surface area (Å²) in [6.45, 7) is 13.3. The SMILES string of the molecule is CC(C)CC(C)N(C)CC1(N)C2CCOC2C1(C)C. The summed E-state index contributed by atoms with van der Waals surface area (Å²) in [5.41, 5.74) is 6.82. The molecule has 0 radical (unpaired) electrons. The standard InChI is InChI=1S/C16H32N2O/c1-11(2)9-12(3)18(6)10-16(17)13-7-8-19-14(13)15(16,4)5/h11-14H,7-10,17H2,1-6H3. The van der Waals surface area contributed by atoms with E-state index in [4.69, 9.17) is 10.5 Å². The van der Waals surface area contributed by atoms with E-state index in [0.29, 0.717) is 18.1 Å². The number of likely N-dealkylation sites (N-methyl/N-ethyl adjacent to an activating group) is 1. The van der Waals surface area contributed by atoms with Crippen molar-refractivity contribution in [2.75, 3.05) is 20.2 Å². The van der Waals surface area contributed by atoms with Gasteiger partial charge in [-0.1, -0.05) is 27.7 Å². The molecule has 0 bridgehead atoms. The highest BCUT2D eigenvalue weighted by Crippen LogP contribution is 2.58. The van der Waals surface area contributed by atoms with E-state index >= 15 is 0 Å². The predicted molar refractivity (Wildman–Crippen MR) is 80.1 cm³/mol. The van der Waals surface area contributed by atoms with Crippen molar-refractivity contribution in [3.8, 4) is 0 Å². The van der Waals surface area contributed by atoms with Crippen molar-refractivity contribution in [3.05, 3.63) is 0 Å². The Balaban J connectivity index is 2.01. The van der Waals surface area contributed by atoms with E-state index in [0.717, 1.165) is 25.5 Å². The Morgan fingerprint density at radius 3 is 2.53 bits per heavy atom. The van der Waals surface area contributed by atoms with Gasteiger partial charge in [-0.05, 0) is 32.7 Å². The molecule has 3 nitrogen and oxygen atoms in total. The molecule has 0 aromatic heterocycles. The van der Waals surface area contributed by atoms with Crippen LogP contribution in [0.1, 0.15) is 47.5 Å². The Kier molecular flexibility index (Phi) is 4.03. The van der Waals surface area contributed by atoms with Gasteiger partial charge in [-0.3, -0.25) is 0 Å². The van der Waals surface area contributed by atoms with Crippen molar-refractivity contribution in [2.45, 2.75) is 65.1 Å². The van der Waals surface area contributed by atoms with Crippen molar-refractivity contribution in [1.82, 2.24) is 4.90 Å². The van der Waals surface area contributed by atoms with Gasteiger partial charge in [0, 0.05) is 36.1 Å². The number of nitrogens with zero attached hydrogens (tertiary/aromatic N) is 1. The smallest absolute Gasteiger partial charge is 0.0691 e. The number of fused-ring (bicyclic) bond motifs is 1. The first-order valence-electron chi connectivity index (χ1n) is 7.81. The van der Waals surface area contributed by atoms with E-state index in [2.05, 4.69) is 46.6 Å². The number of hydrogen-bond acceptors (Lipinski definition) is 3. The average molecular weight is 268 g/mol. The highest BCUT2D eigenvalue weighted by molar-refractivity contribution is 5.21. The Morgan fingerprint density at radius 1 is 1.32 bits per heavy atom. The molecule has 0 aromatic carbocycles. The fourth-order valence-corrected chi connectivity index (χ4v) is 4.23. The molecular formula is C16H32N2O. The summed E-state index contributed by atoms with van der Waals surface area (Å²) < 4.78 is 5.87. The molecule has 0 spiro atoms. The van der Waals surface area contributed by atoms with E-state index < -0.39 is 0 Å². The Bertz CT molecular complexity index is 329. The third-order valence-corrected chi connectivity index (χ3v) is 5.74. The molecular weight excluding hydrogens is 236 g/mol. The molecule has 4 unspecified atom stereocenters. The molecule has 2 N–H and O–H groups in total. The van der Waals surface area contributed by atoms with Gasteiger partial charge in [0.15, 0.2) is 0 Å². The summed E-state index contributed by atoms with van der Waals surface area (Å²) in [6, 6.07) is 0.595. The molecule has 2 fully saturated rings. The maximum Gasteiger partial charge on any atom is 0.0691 e. The second kappa shape index (κ2) is 5.01. The van der Waals surface area contributed by atoms with Crippen molar-refractivity contribution in [3.63, 3.8) is 0 Å². The highest BCUT2D eigenvalue weighted by atomic mass is 16.5.